The molecule has 2 amide bonds. The Kier molecular flexibility index (Phi) is 10.0. The topological polar surface area (TPSA) is 136 Å². The number of fused-ring (bicyclic) bond motifs is 6. The van der Waals surface area contributed by atoms with E-state index in [0.717, 1.165) is 21.9 Å². The summed E-state index contributed by atoms with van der Waals surface area (Å²) in [6.07, 6.45) is -0.414. The molecule has 0 saturated carbocycles. The molecule has 3 unspecified atom stereocenters. The van der Waals surface area contributed by atoms with E-state index in [9.17, 15) is 29.3 Å². The number of carbonyl (C=O) groups is 4. The van der Waals surface area contributed by atoms with Crippen LogP contribution in [-0.4, -0.2) is 53.0 Å². The Bertz CT molecular complexity index is 2400. The minimum Gasteiger partial charge on any atom is -0.426 e. The maximum Gasteiger partial charge on any atom is 0.308 e. The molecule has 5 aromatic carbocycles. The Morgan fingerprint density at radius 2 is 1.22 bits per heavy atom. The van der Waals surface area contributed by atoms with Gasteiger partial charge in [-0.25, -0.2) is 0 Å². The van der Waals surface area contributed by atoms with Gasteiger partial charge in [0.15, 0.2) is 0 Å². The first-order valence-corrected chi connectivity index (χ1v) is 18.4. The first kappa shape index (κ1) is 36.8. The summed E-state index contributed by atoms with van der Waals surface area (Å²) < 4.78 is 11.1. The number of carbonyl (C=O) groups excluding carboxylic acids is 4. The molecule has 0 fully saturated rings. The average molecular weight is 769 g/mol. The number of anilines is 2. The van der Waals surface area contributed by atoms with Gasteiger partial charge in [0.1, 0.15) is 11.5 Å². The van der Waals surface area contributed by atoms with E-state index in [1.807, 2.05) is 55.5 Å². The van der Waals surface area contributed by atoms with Gasteiger partial charge in [-0.3, -0.25) is 29.3 Å². The molecule has 0 N–H and O–H groups in total. The number of benzene rings is 5. The van der Waals surface area contributed by atoms with Gasteiger partial charge in [0.2, 0.25) is 11.8 Å². The summed E-state index contributed by atoms with van der Waals surface area (Å²) in [5.74, 6) is -1.30. The van der Waals surface area contributed by atoms with Crippen molar-refractivity contribution in [2.45, 2.75) is 50.8 Å². The number of hydrogen-bond acceptors (Lipinski definition) is 8. The Hall–Kier alpha value is -5.52. The molecule has 2 heterocycles. The second kappa shape index (κ2) is 14.7. The van der Waals surface area contributed by atoms with Crippen LogP contribution >= 0.6 is 23.2 Å². The predicted octanol–water partition coefficient (Wildman–Crippen LogP) is 7.96. The highest BCUT2D eigenvalue weighted by molar-refractivity contribution is 6.21. The van der Waals surface area contributed by atoms with Crippen LogP contribution in [0.3, 0.4) is 0 Å². The van der Waals surface area contributed by atoms with E-state index in [1.54, 1.807) is 28.0 Å². The fourth-order valence-electron chi connectivity index (χ4n) is 7.81. The number of non-ortho nitro benzene ring substituents is 1. The van der Waals surface area contributed by atoms with E-state index < -0.39 is 16.9 Å². The number of amides is 2. The van der Waals surface area contributed by atoms with E-state index in [4.69, 9.17) is 32.7 Å². The third-order valence-electron chi connectivity index (χ3n) is 10.0. The molecule has 0 spiro atoms. The van der Waals surface area contributed by atoms with E-state index in [-0.39, 0.29) is 66.5 Å². The summed E-state index contributed by atoms with van der Waals surface area (Å²) in [6, 6.07) is 22.5. The van der Waals surface area contributed by atoms with E-state index in [2.05, 4.69) is 0 Å². The first-order chi connectivity index (χ1) is 25.8. The smallest absolute Gasteiger partial charge is 0.308 e. The maximum absolute atomic E-state index is 14.1. The lowest BCUT2D eigenvalue weighted by molar-refractivity contribution is -0.385. The van der Waals surface area contributed by atoms with Crippen molar-refractivity contribution in [3.8, 4) is 11.5 Å². The molecule has 0 aromatic heterocycles. The van der Waals surface area contributed by atoms with Gasteiger partial charge in [-0.05, 0) is 39.9 Å². The molecule has 13 heteroatoms. The number of nitro benzene ring substituents is 1. The Labute approximate surface area is 320 Å². The summed E-state index contributed by atoms with van der Waals surface area (Å²) in [6.45, 7) is 4.99. The highest BCUT2D eigenvalue weighted by Gasteiger charge is 2.38. The van der Waals surface area contributed by atoms with Gasteiger partial charge in [-0.1, -0.05) is 54.6 Å². The van der Waals surface area contributed by atoms with Gasteiger partial charge in [-0.2, -0.15) is 0 Å². The third kappa shape index (κ3) is 6.85. The van der Waals surface area contributed by atoms with Crippen LogP contribution in [0, 0.1) is 10.1 Å². The van der Waals surface area contributed by atoms with Crippen molar-refractivity contribution in [2.24, 2.45) is 0 Å². The second-order valence-electron chi connectivity index (χ2n) is 13.7. The van der Waals surface area contributed by atoms with Crippen LogP contribution < -0.4 is 19.3 Å². The number of nitro groups is 1. The van der Waals surface area contributed by atoms with Gasteiger partial charge in [-0.15, -0.1) is 23.2 Å². The zero-order valence-corrected chi connectivity index (χ0v) is 31.1. The van der Waals surface area contributed by atoms with Crippen molar-refractivity contribution in [1.82, 2.24) is 0 Å². The quantitative estimate of drug-likeness (QED) is 0.0485. The fraction of sp³-hybridized carbons (Fsp3) is 0.268. The SMILES string of the molecule is CC(=O)Oc1cc2c(c3ccccc13)C(CCl)CN2C(=O)Cc1cc(CC(=O)N2CC(C(C)Cl)c3c2cc(OC(C)=O)c2ccccc32)cc([N+](=O)[O-])c1. The number of nitrogens with zero attached hydrogens (tertiary/aromatic N) is 3. The van der Waals surface area contributed by atoms with Crippen molar-refractivity contribution in [2.75, 3.05) is 28.8 Å². The van der Waals surface area contributed by atoms with Crippen LogP contribution in [-0.2, 0) is 32.0 Å². The van der Waals surface area contributed by atoms with Crippen molar-refractivity contribution in [3.63, 3.8) is 0 Å². The summed E-state index contributed by atoms with van der Waals surface area (Å²) in [5.41, 5.74) is 3.26. The standard InChI is InChI=1S/C41H35Cl2N3O8/c1-22(43)33-21-45(35-18-37(54-24(3)48)30-9-5-7-11-32(30)41(33)35)39(50)16-26-12-25(13-28(14-26)46(51)52)15-38(49)44-20-27(19-42)40-31-10-6-4-8-29(31)36(17-34(40)44)53-23(2)47/h4-14,17-18,22,27,33H,15-16,19-21H2,1-3H3. The predicted molar refractivity (Wildman–Crippen MR) is 207 cm³/mol. The molecule has 54 heavy (non-hydrogen) atoms. The molecule has 0 bridgehead atoms. The molecular formula is C41H35Cl2N3O8. The van der Waals surface area contributed by atoms with Gasteiger partial charge in [0, 0.05) is 85.1 Å². The zero-order chi connectivity index (χ0) is 38.4. The van der Waals surface area contributed by atoms with Crippen molar-refractivity contribution in [3.05, 3.63) is 111 Å². The molecule has 11 nitrogen and oxygen atoms in total. The molecule has 5 aromatic rings. The lowest BCUT2D eigenvalue weighted by Crippen LogP contribution is -2.32. The monoisotopic (exact) mass is 767 g/mol. The number of halogens is 2. The normalized spacial score (nSPS) is 16.6. The average Bonchev–Trinajstić information content (AvgIpc) is 3.71. The molecule has 276 valence electrons. The zero-order valence-electron chi connectivity index (χ0n) is 29.6. The van der Waals surface area contributed by atoms with Crippen LogP contribution in [0.25, 0.3) is 21.5 Å². The fourth-order valence-corrected chi connectivity index (χ4v) is 8.26. The van der Waals surface area contributed by atoms with Gasteiger partial charge >= 0.3 is 11.9 Å². The molecule has 2 aliphatic heterocycles. The Morgan fingerprint density at radius 1 is 0.759 bits per heavy atom. The lowest BCUT2D eigenvalue weighted by atomic mass is 9.92. The maximum atomic E-state index is 14.1. The highest BCUT2D eigenvalue weighted by atomic mass is 35.5. The summed E-state index contributed by atoms with van der Waals surface area (Å²) in [4.78, 5) is 67.0. The van der Waals surface area contributed by atoms with Crippen molar-refractivity contribution in [1.29, 1.82) is 0 Å². The van der Waals surface area contributed by atoms with Crippen LogP contribution in [0.5, 0.6) is 11.5 Å². The summed E-state index contributed by atoms with van der Waals surface area (Å²) in [5, 5.41) is 14.8. The molecule has 0 radical (unpaired) electrons. The van der Waals surface area contributed by atoms with Crippen molar-refractivity contribution >= 4 is 85.6 Å². The van der Waals surface area contributed by atoms with Crippen LogP contribution in [0.1, 0.15) is 54.9 Å². The Balaban J connectivity index is 1.21. The van der Waals surface area contributed by atoms with Gasteiger partial charge < -0.3 is 19.3 Å². The number of rotatable bonds is 9. The number of ether oxygens (including phenoxy) is 2. The molecule has 3 atom stereocenters. The van der Waals surface area contributed by atoms with E-state index in [1.165, 1.54) is 26.0 Å². The summed E-state index contributed by atoms with van der Waals surface area (Å²) >= 11 is 13.1. The van der Waals surface area contributed by atoms with Crippen LogP contribution in [0.15, 0.2) is 78.9 Å². The van der Waals surface area contributed by atoms with Gasteiger partial charge in [0.25, 0.3) is 5.69 Å². The van der Waals surface area contributed by atoms with E-state index >= 15 is 0 Å². The Morgan fingerprint density at radius 3 is 1.69 bits per heavy atom. The highest BCUT2D eigenvalue weighted by Crippen LogP contribution is 2.48. The molecule has 7 rings (SSSR count). The van der Waals surface area contributed by atoms with Gasteiger partial charge in [0.05, 0.1) is 29.1 Å². The minimum absolute atomic E-state index is 0.205. The van der Waals surface area contributed by atoms with Crippen LogP contribution in [0.4, 0.5) is 17.1 Å². The van der Waals surface area contributed by atoms with Crippen LogP contribution in [0.2, 0.25) is 0 Å². The van der Waals surface area contributed by atoms with Crippen molar-refractivity contribution < 1.29 is 33.6 Å². The molecular weight excluding hydrogens is 733 g/mol. The first-order valence-electron chi connectivity index (χ1n) is 17.4. The lowest BCUT2D eigenvalue weighted by Gasteiger charge is -2.20. The number of esters is 2. The second-order valence-corrected chi connectivity index (χ2v) is 14.7. The molecule has 2 aliphatic rings. The third-order valence-corrected chi connectivity index (χ3v) is 10.7. The van der Waals surface area contributed by atoms with E-state index in [0.29, 0.717) is 44.8 Å². The number of alkyl halides is 2. The summed E-state index contributed by atoms with van der Waals surface area (Å²) in [7, 11) is 0. The molecule has 0 aliphatic carbocycles. The minimum atomic E-state index is -0.554. The molecule has 0 saturated heterocycles. The largest absolute Gasteiger partial charge is 0.426 e. The number of hydrogen-bond donors (Lipinski definition) is 0.